The van der Waals surface area contributed by atoms with Crippen LogP contribution in [0.25, 0.3) is 0 Å². The third-order valence-electron chi connectivity index (χ3n) is 3.18. The van der Waals surface area contributed by atoms with Gasteiger partial charge in [-0.25, -0.2) is 0 Å². The van der Waals surface area contributed by atoms with Crippen molar-refractivity contribution in [2.45, 2.75) is 20.8 Å². The van der Waals surface area contributed by atoms with Crippen LogP contribution >= 0.6 is 11.6 Å². The summed E-state index contributed by atoms with van der Waals surface area (Å²) in [6.45, 7) is 12.2. The van der Waals surface area contributed by atoms with E-state index in [2.05, 4.69) is 24.1 Å². The molecule has 3 nitrogen and oxygen atoms in total. The Morgan fingerprint density at radius 3 is 2.58 bits per heavy atom. The smallest absolute Gasteiger partial charge is 0.119 e. The van der Waals surface area contributed by atoms with E-state index in [0.717, 1.165) is 49.1 Å². The lowest BCUT2D eigenvalue weighted by atomic mass is 10.2. The first-order valence-corrected chi connectivity index (χ1v) is 7.37. The molecule has 1 aromatic carbocycles. The highest BCUT2D eigenvalue weighted by Gasteiger charge is 1.99. The van der Waals surface area contributed by atoms with E-state index in [1.165, 1.54) is 0 Å². The lowest BCUT2D eigenvalue weighted by Gasteiger charge is -2.18. The predicted octanol–water partition coefficient (Wildman–Crippen LogP) is 2.96. The maximum absolute atomic E-state index is 5.97. The van der Waals surface area contributed by atoms with Gasteiger partial charge in [0, 0.05) is 24.7 Å². The van der Waals surface area contributed by atoms with Crippen molar-refractivity contribution >= 4 is 11.6 Å². The number of hydrogen-bond acceptors (Lipinski definition) is 3. The number of ether oxygens (including phenoxy) is 1. The van der Waals surface area contributed by atoms with Crippen LogP contribution < -0.4 is 10.1 Å². The fraction of sp³-hybridized carbons (Fsp3) is 0.600. The van der Waals surface area contributed by atoms with Crippen LogP contribution in [0.3, 0.4) is 0 Å². The van der Waals surface area contributed by atoms with E-state index in [-0.39, 0.29) is 0 Å². The minimum absolute atomic E-state index is 0.680. The van der Waals surface area contributed by atoms with E-state index in [1.54, 1.807) is 0 Å². The normalized spacial score (nSPS) is 11.0. The largest absolute Gasteiger partial charge is 0.492 e. The van der Waals surface area contributed by atoms with Crippen molar-refractivity contribution in [3.8, 4) is 5.75 Å². The molecule has 0 amide bonds. The molecule has 0 radical (unpaired) electrons. The Kier molecular flexibility index (Phi) is 7.87. The van der Waals surface area contributed by atoms with Crippen LogP contribution in [0.15, 0.2) is 18.2 Å². The molecule has 0 heterocycles. The summed E-state index contributed by atoms with van der Waals surface area (Å²) in [6.07, 6.45) is 0. The summed E-state index contributed by atoms with van der Waals surface area (Å²) in [5.74, 6) is 0.882. The quantitative estimate of drug-likeness (QED) is 0.706. The second-order valence-corrected chi connectivity index (χ2v) is 4.94. The third kappa shape index (κ3) is 6.28. The van der Waals surface area contributed by atoms with Gasteiger partial charge in [0.2, 0.25) is 0 Å². The van der Waals surface area contributed by atoms with E-state index < -0.39 is 0 Å². The van der Waals surface area contributed by atoms with Gasteiger partial charge in [-0.3, -0.25) is 0 Å². The second-order valence-electron chi connectivity index (χ2n) is 4.54. The van der Waals surface area contributed by atoms with E-state index >= 15 is 0 Å². The molecule has 0 saturated heterocycles. The molecule has 1 aromatic rings. The topological polar surface area (TPSA) is 24.5 Å². The summed E-state index contributed by atoms with van der Waals surface area (Å²) < 4.78 is 5.67. The van der Waals surface area contributed by atoms with Gasteiger partial charge < -0.3 is 15.0 Å². The number of halogens is 1. The Labute approximate surface area is 121 Å². The Balaban J connectivity index is 2.12. The standard InChI is InChI=1S/C15H25ClN2O/c1-4-18(5-2)10-8-17-9-11-19-14-6-7-15(16)13(3)12-14/h6-7,12,17H,4-5,8-11H2,1-3H3. The maximum atomic E-state index is 5.97. The van der Waals surface area contributed by atoms with Gasteiger partial charge >= 0.3 is 0 Å². The summed E-state index contributed by atoms with van der Waals surface area (Å²) in [5, 5.41) is 4.17. The van der Waals surface area contributed by atoms with Crippen molar-refractivity contribution in [1.29, 1.82) is 0 Å². The highest BCUT2D eigenvalue weighted by Crippen LogP contribution is 2.20. The molecule has 0 bridgehead atoms. The summed E-state index contributed by atoms with van der Waals surface area (Å²) >= 11 is 5.97. The van der Waals surface area contributed by atoms with Gasteiger partial charge in [-0.2, -0.15) is 0 Å². The van der Waals surface area contributed by atoms with Crippen LogP contribution in [0.5, 0.6) is 5.75 Å². The Hall–Kier alpha value is -0.770. The van der Waals surface area contributed by atoms with Gasteiger partial charge in [-0.15, -0.1) is 0 Å². The number of benzene rings is 1. The SMILES string of the molecule is CCN(CC)CCNCCOc1ccc(Cl)c(C)c1. The number of likely N-dealkylation sites (N-methyl/N-ethyl adjacent to an activating group) is 1. The summed E-state index contributed by atoms with van der Waals surface area (Å²) in [4.78, 5) is 2.40. The minimum Gasteiger partial charge on any atom is -0.492 e. The average molecular weight is 285 g/mol. The van der Waals surface area contributed by atoms with Crippen molar-refractivity contribution in [3.05, 3.63) is 28.8 Å². The lowest BCUT2D eigenvalue weighted by Crippen LogP contribution is -2.33. The van der Waals surface area contributed by atoms with Crippen molar-refractivity contribution in [2.24, 2.45) is 0 Å². The number of nitrogens with one attached hydrogen (secondary N) is 1. The van der Waals surface area contributed by atoms with Crippen LogP contribution in [-0.2, 0) is 0 Å². The van der Waals surface area contributed by atoms with Crippen molar-refractivity contribution in [3.63, 3.8) is 0 Å². The summed E-state index contributed by atoms with van der Waals surface area (Å²) in [6, 6.07) is 5.75. The lowest BCUT2D eigenvalue weighted by molar-refractivity contribution is 0.285. The number of rotatable bonds is 9. The molecule has 4 heteroatoms. The fourth-order valence-corrected chi connectivity index (χ4v) is 1.97. The van der Waals surface area contributed by atoms with Gasteiger partial charge in [-0.05, 0) is 43.8 Å². The minimum atomic E-state index is 0.680. The van der Waals surface area contributed by atoms with Gasteiger partial charge in [0.05, 0.1) is 0 Å². The zero-order chi connectivity index (χ0) is 14.1. The molecule has 0 saturated carbocycles. The Morgan fingerprint density at radius 1 is 1.21 bits per heavy atom. The molecule has 1 N–H and O–H groups in total. The molecule has 0 fully saturated rings. The predicted molar refractivity (Wildman–Crippen MR) is 82.3 cm³/mol. The molecule has 0 aromatic heterocycles. The average Bonchev–Trinajstić information content (AvgIpc) is 2.42. The third-order valence-corrected chi connectivity index (χ3v) is 3.60. The van der Waals surface area contributed by atoms with Crippen LogP contribution in [0.4, 0.5) is 0 Å². The molecule has 0 aliphatic carbocycles. The molecule has 19 heavy (non-hydrogen) atoms. The molecular weight excluding hydrogens is 260 g/mol. The molecule has 0 unspecified atom stereocenters. The molecule has 0 aliphatic rings. The summed E-state index contributed by atoms with van der Waals surface area (Å²) in [5.41, 5.74) is 1.05. The molecule has 0 spiro atoms. The maximum Gasteiger partial charge on any atom is 0.119 e. The highest BCUT2D eigenvalue weighted by atomic mass is 35.5. The monoisotopic (exact) mass is 284 g/mol. The Bertz CT molecular complexity index is 367. The van der Waals surface area contributed by atoms with E-state index in [0.29, 0.717) is 6.61 Å². The van der Waals surface area contributed by atoms with Gasteiger partial charge in [0.25, 0.3) is 0 Å². The Morgan fingerprint density at radius 2 is 1.95 bits per heavy atom. The van der Waals surface area contributed by atoms with Crippen molar-refractivity contribution in [2.75, 3.05) is 39.3 Å². The second kappa shape index (κ2) is 9.18. The van der Waals surface area contributed by atoms with E-state index in [1.807, 2.05) is 25.1 Å². The van der Waals surface area contributed by atoms with Crippen molar-refractivity contribution < 1.29 is 4.74 Å². The first-order valence-electron chi connectivity index (χ1n) is 6.99. The number of aryl methyl sites for hydroxylation is 1. The molecule has 108 valence electrons. The number of hydrogen-bond donors (Lipinski definition) is 1. The first kappa shape index (κ1) is 16.3. The van der Waals surface area contributed by atoms with Crippen molar-refractivity contribution in [1.82, 2.24) is 10.2 Å². The van der Waals surface area contributed by atoms with E-state index in [4.69, 9.17) is 16.3 Å². The molecule has 1 rings (SSSR count). The molecule has 0 atom stereocenters. The van der Waals surface area contributed by atoms with Crippen LogP contribution in [-0.4, -0.2) is 44.2 Å². The van der Waals surface area contributed by atoms with Gasteiger partial charge in [0.15, 0.2) is 0 Å². The van der Waals surface area contributed by atoms with Crippen LogP contribution in [0.1, 0.15) is 19.4 Å². The molecular formula is C15H25ClN2O. The van der Waals surface area contributed by atoms with Crippen LogP contribution in [0.2, 0.25) is 5.02 Å². The number of nitrogens with zero attached hydrogens (tertiary/aromatic N) is 1. The summed E-state index contributed by atoms with van der Waals surface area (Å²) in [7, 11) is 0. The van der Waals surface area contributed by atoms with E-state index in [9.17, 15) is 0 Å². The van der Waals surface area contributed by atoms with Gasteiger partial charge in [0.1, 0.15) is 12.4 Å². The zero-order valence-electron chi connectivity index (χ0n) is 12.2. The highest BCUT2D eigenvalue weighted by molar-refractivity contribution is 6.31. The molecule has 0 aliphatic heterocycles. The van der Waals surface area contributed by atoms with Gasteiger partial charge in [-0.1, -0.05) is 25.4 Å². The van der Waals surface area contributed by atoms with Crippen LogP contribution in [0, 0.1) is 6.92 Å². The first-order chi connectivity index (χ1) is 9.17. The fourth-order valence-electron chi connectivity index (χ4n) is 1.85. The zero-order valence-corrected chi connectivity index (χ0v) is 13.0.